The van der Waals surface area contributed by atoms with Gasteiger partial charge in [-0.3, -0.25) is 14.9 Å². The van der Waals surface area contributed by atoms with Gasteiger partial charge in [-0.2, -0.15) is 0 Å². The number of hydrogen-bond donors (Lipinski definition) is 1. The van der Waals surface area contributed by atoms with E-state index in [-0.39, 0.29) is 36.0 Å². The summed E-state index contributed by atoms with van der Waals surface area (Å²) in [5.41, 5.74) is 3.95. The van der Waals surface area contributed by atoms with E-state index in [9.17, 15) is 19.7 Å². The molecule has 0 unspecified atom stereocenters. The largest absolute Gasteiger partial charge is 0.462 e. The third-order valence-electron chi connectivity index (χ3n) is 7.30. The van der Waals surface area contributed by atoms with Gasteiger partial charge in [0, 0.05) is 46.5 Å². The second-order valence-electron chi connectivity index (χ2n) is 9.76. The molecule has 2 atom stereocenters. The highest BCUT2D eigenvalue weighted by atomic mass is 35.5. The first-order valence-corrected chi connectivity index (χ1v) is 13.1. The fourth-order valence-corrected chi connectivity index (χ4v) is 5.60. The van der Waals surface area contributed by atoms with Crippen LogP contribution in [0.1, 0.15) is 48.3 Å². The summed E-state index contributed by atoms with van der Waals surface area (Å²) in [6, 6.07) is 23.3. The lowest BCUT2D eigenvalue weighted by molar-refractivity contribution is -0.385. The van der Waals surface area contributed by atoms with Gasteiger partial charge in [-0.25, -0.2) is 4.79 Å². The SMILES string of the molecule is CC1=C(C(=O)OCCc2ccccc2)[C@H](c2ccccc2[N+](=O)[O-])C2=C(C[C@H](c3ccc(Cl)cc3)CC2=O)N1. The molecule has 0 amide bonds. The quantitative estimate of drug-likeness (QED) is 0.211. The summed E-state index contributed by atoms with van der Waals surface area (Å²) in [7, 11) is 0. The van der Waals surface area contributed by atoms with Crippen LogP contribution in [0.15, 0.2) is 101 Å². The molecular weight excluding hydrogens is 516 g/mol. The van der Waals surface area contributed by atoms with Crippen molar-refractivity contribution < 1.29 is 19.2 Å². The molecule has 8 heteroatoms. The van der Waals surface area contributed by atoms with E-state index in [0.717, 1.165) is 11.1 Å². The zero-order valence-corrected chi connectivity index (χ0v) is 22.1. The summed E-state index contributed by atoms with van der Waals surface area (Å²) in [4.78, 5) is 38.8. The molecular formula is C31H27ClN2O5. The van der Waals surface area contributed by atoms with Gasteiger partial charge < -0.3 is 10.1 Å². The molecule has 7 nitrogen and oxygen atoms in total. The number of nitro groups is 1. The van der Waals surface area contributed by atoms with Gasteiger partial charge in [0.2, 0.25) is 0 Å². The summed E-state index contributed by atoms with van der Waals surface area (Å²) in [6.45, 7) is 1.89. The Morgan fingerprint density at radius 1 is 1.03 bits per heavy atom. The third-order valence-corrected chi connectivity index (χ3v) is 7.55. The summed E-state index contributed by atoms with van der Waals surface area (Å²) in [5, 5.41) is 15.9. The van der Waals surface area contributed by atoms with Crippen molar-refractivity contribution in [2.45, 2.75) is 38.0 Å². The minimum Gasteiger partial charge on any atom is -0.462 e. The highest BCUT2D eigenvalue weighted by Gasteiger charge is 2.43. The number of ether oxygens (including phenoxy) is 1. The summed E-state index contributed by atoms with van der Waals surface area (Å²) < 4.78 is 5.67. The van der Waals surface area contributed by atoms with Gasteiger partial charge >= 0.3 is 5.97 Å². The number of dihydropyridines is 1. The molecule has 39 heavy (non-hydrogen) atoms. The van der Waals surface area contributed by atoms with Gasteiger partial charge in [0.15, 0.2) is 5.78 Å². The Balaban J connectivity index is 1.52. The number of carbonyl (C=O) groups is 2. The van der Waals surface area contributed by atoms with Crippen LogP contribution in [0.2, 0.25) is 5.02 Å². The van der Waals surface area contributed by atoms with Gasteiger partial charge in [-0.05, 0) is 42.5 Å². The third kappa shape index (κ3) is 5.49. The maximum absolute atomic E-state index is 13.7. The highest BCUT2D eigenvalue weighted by Crippen LogP contribution is 2.47. The predicted molar refractivity (Wildman–Crippen MR) is 148 cm³/mol. The maximum atomic E-state index is 13.7. The number of halogens is 1. The number of Topliss-reactive ketones (excluding diaryl/α,β-unsaturated/α-hetero) is 1. The van der Waals surface area contributed by atoms with Gasteiger partial charge in [-0.15, -0.1) is 0 Å². The number of para-hydroxylation sites is 1. The number of nitro benzene ring substituents is 1. The molecule has 0 spiro atoms. The minimum absolute atomic E-state index is 0.0837. The topological polar surface area (TPSA) is 98.5 Å². The monoisotopic (exact) mass is 542 g/mol. The first kappa shape index (κ1) is 26.4. The van der Waals surface area contributed by atoms with Gasteiger partial charge in [0.05, 0.1) is 23.0 Å². The Labute approximate surface area is 231 Å². The molecule has 0 radical (unpaired) electrons. The average Bonchev–Trinajstić information content (AvgIpc) is 2.93. The van der Waals surface area contributed by atoms with Crippen LogP contribution < -0.4 is 5.32 Å². The van der Waals surface area contributed by atoms with Crippen molar-refractivity contribution >= 4 is 29.0 Å². The first-order valence-electron chi connectivity index (χ1n) is 12.8. The molecule has 0 aromatic heterocycles. The number of rotatable bonds is 7. The summed E-state index contributed by atoms with van der Waals surface area (Å²) in [6.07, 6.45) is 1.26. The van der Waals surface area contributed by atoms with Gasteiger partial charge in [0.25, 0.3) is 5.69 Å². The number of ketones is 1. The van der Waals surface area contributed by atoms with Crippen molar-refractivity contribution in [3.63, 3.8) is 0 Å². The number of esters is 1. The van der Waals surface area contributed by atoms with Crippen LogP contribution in [0.25, 0.3) is 0 Å². The zero-order chi connectivity index (χ0) is 27.5. The second-order valence-corrected chi connectivity index (χ2v) is 10.2. The lowest BCUT2D eigenvalue weighted by atomic mass is 9.71. The molecule has 2 aliphatic rings. The Bertz CT molecular complexity index is 1490. The molecule has 1 heterocycles. The molecule has 3 aromatic rings. The first-order chi connectivity index (χ1) is 18.8. The fourth-order valence-electron chi connectivity index (χ4n) is 5.47. The van der Waals surface area contributed by atoms with Crippen molar-refractivity contribution in [1.29, 1.82) is 0 Å². The van der Waals surface area contributed by atoms with E-state index in [4.69, 9.17) is 16.3 Å². The van der Waals surface area contributed by atoms with Gasteiger partial charge in [0.1, 0.15) is 0 Å². The van der Waals surface area contributed by atoms with Crippen LogP contribution in [0.4, 0.5) is 5.69 Å². The van der Waals surface area contributed by atoms with E-state index in [1.54, 1.807) is 37.3 Å². The Morgan fingerprint density at radius 2 is 1.72 bits per heavy atom. The Kier molecular flexibility index (Phi) is 7.61. The van der Waals surface area contributed by atoms with E-state index < -0.39 is 16.8 Å². The van der Waals surface area contributed by atoms with Crippen molar-refractivity contribution in [2.75, 3.05) is 6.61 Å². The maximum Gasteiger partial charge on any atom is 0.336 e. The van der Waals surface area contributed by atoms with E-state index in [1.807, 2.05) is 42.5 Å². The number of hydrogen-bond acceptors (Lipinski definition) is 6. The smallest absolute Gasteiger partial charge is 0.336 e. The van der Waals surface area contributed by atoms with Crippen molar-refractivity contribution in [3.8, 4) is 0 Å². The molecule has 1 aliphatic heterocycles. The number of nitrogens with one attached hydrogen (secondary N) is 1. The van der Waals surface area contributed by atoms with Crippen LogP contribution in [-0.4, -0.2) is 23.3 Å². The normalized spacial score (nSPS) is 18.9. The Morgan fingerprint density at radius 3 is 2.44 bits per heavy atom. The van der Waals surface area contributed by atoms with E-state index in [1.165, 1.54) is 6.07 Å². The standard InChI is InChI=1S/C31H27ClN2O5/c1-19-28(31(36)39-16-15-20-7-3-2-4-8-20)29(24-9-5-6-10-26(24)34(37)38)30-25(33-19)17-22(18-27(30)35)21-11-13-23(32)14-12-21/h2-14,22,29,33H,15-18H2,1H3/t22-,29-/m0/s1. The van der Waals surface area contributed by atoms with Crippen molar-refractivity contribution in [3.05, 3.63) is 133 Å². The molecule has 0 saturated heterocycles. The fraction of sp³-hybridized carbons (Fsp3) is 0.226. The highest BCUT2D eigenvalue weighted by molar-refractivity contribution is 6.30. The number of nitrogens with zero attached hydrogens (tertiary/aromatic N) is 1. The summed E-state index contributed by atoms with van der Waals surface area (Å²) >= 11 is 6.06. The minimum atomic E-state index is -0.911. The second kappa shape index (κ2) is 11.3. The summed E-state index contributed by atoms with van der Waals surface area (Å²) in [5.74, 6) is -1.75. The van der Waals surface area contributed by atoms with E-state index >= 15 is 0 Å². The molecule has 1 aliphatic carbocycles. The van der Waals surface area contributed by atoms with Crippen LogP contribution >= 0.6 is 11.6 Å². The van der Waals surface area contributed by atoms with Crippen LogP contribution in [0.5, 0.6) is 0 Å². The molecule has 5 rings (SSSR count). The molecule has 3 aromatic carbocycles. The predicted octanol–water partition coefficient (Wildman–Crippen LogP) is 6.40. The number of benzene rings is 3. The van der Waals surface area contributed by atoms with Crippen LogP contribution in [-0.2, 0) is 20.7 Å². The van der Waals surface area contributed by atoms with Crippen molar-refractivity contribution in [1.82, 2.24) is 5.32 Å². The number of carbonyl (C=O) groups excluding carboxylic acids is 2. The van der Waals surface area contributed by atoms with Crippen LogP contribution in [0.3, 0.4) is 0 Å². The molecule has 0 bridgehead atoms. The molecule has 0 fully saturated rings. The molecule has 1 N–H and O–H groups in total. The number of allylic oxidation sites excluding steroid dienone is 3. The zero-order valence-electron chi connectivity index (χ0n) is 21.4. The van der Waals surface area contributed by atoms with E-state index in [0.29, 0.717) is 40.4 Å². The molecule has 0 saturated carbocycles. The Hall–Kier alpha value is -4.23. The molecule has 198 valence electrons. The lowest BCUT2D eigenvalue weighted by Crippen LogP contribution is -2.36. The van der Waals surface area contributed by atoms with Crippen molar-refractivity contribution in [2.24, 2.45) is 0 Å². The van der Waals surface area contributed by atoms with E-state index in [2.05, 4.69) is 5.32 Å². The van der Waals surface area contributed by atoms with Crippen LogP contribution in [0, 0.1) is 10.1 Å². The lowest BCUT2D eigenvalue weighted by Gasteiger charge is -2.36. The average molecular weight is 543 g/mol. The van der Waals surface area contributed by atoms with Gasteiger partial charge in [-0.1, -0.05) is 72.3 Å².